The summed E-state index contributed by atoms with van der Waals surface area (Å²) in [6.45, 7) is 7.28. The van der Waals surface area contributed by atoms with E-state index in [9.17, 15) is 4.79 Å². The van der Waals surface area contributed by atoms with E-state index in [1.54, 1.807) is 4.90 Å². The Morgan fingerprint density at radius 2 is 2.22 bits per heavy atom. The molecule has 0 radical (unpaired) electrons. The third kappa shape index (κ3) is 5.37. The molecule has 5 heteroatoms. The predicted molar refractivity (Wildman–Crippen MR) is 67.0 cm³/mol. The summed E-state index contributed by atoms with van der Waals surface area (Å²) >= 11 is 0. The molecule has 1 atom stereocenters. The second kappa shape index (κ2) is 6.60. The van der Waals surface area contributed by atoms with Gasteiger partial charge in [0.25, 0.3) is 0 Å². The van der Waals surface area contributed by atoms with Crippen molar-refractivity contribution in [3.8, 4) is 6.07 Å². The molecule has 18 heavy (non-hydrogen) atoms. The van der Waals surface area contributed by atoms with Crippen LogP contribution in [-0.4, -0.2) is 42.4 Å². The van der Waals surface area contributed by atoms with E-state index in [2.05, 4.69) is 0 Å². The Morgan fingerprint density at radius 3 is 2.83 bits per heavy atom. The maximum atomic E-state index is 11.9. The molecule has 0 aromatic heterocycles. The van der Waals surface area contributed by atoms with Crippen molar-refractivity contribution >= 4 is 6.09 Å². The molecule has 1 unspecified atom stereocenters. The van der Waals surface area contributed by atoms with Crippen LogP contribution < -0.4 is 0 Å². The molecule has 1 aliphatic heterocycles. The first-order valence-electron chi connectivity index (χ1n) is 6.39. The van der Waals surface area contributed by atoms with E-state index in [0.29, 0.717) is 26.1 Å². The van der Waals surface area contributed by atoms with Crippen LogP contribution in [0, 0.1) is 11.3 Å². The lowest BCUT2D eigenvalue weighted by atomic mass is 10.1. The molecule has 0 aliphatic carbocycles. The number of hydrogen-bond acceptors (Lipinski definition) is 4. The smallest absolute Gasteiger partial charge is 0.410 e. The van der Waals surface area contributed by atoms with Crippen LogP contribution in [-0.2, 0) is 9.47 Å². The second-order valence-electron chi connectivity index (χ2n) is 5.47. The zero-order valence-electron chi connectivity index (χ0n) is 11.4. The summed E-state index contributed by atoms with van der Waals surface area (Å²) in [5.74, 6) is 0. The summed E-state index contributed by atoms with van der Waals surface area (Å²) in [5, 5.41) is 8.45. The first kappa shape index (κ1) is 14.8. The molecular formula is C13H22N2O3. The van der Waals surface area contributed by atoms with Gasteiger partial charge in [-0.15, -0.1) is 0 Å². The maximum absolute atomic E-state index is 11.9. The minimum Gasteiger partial charge on any atom is -0.444 e. The Labute approximate surface area is 109 Å². The normalized spacial score (nSPS) is 20.3. The molecule has 5 nitrogen and oxygen atoms in total. The quantitative estimate of drug-likeness (QED) is 0.725. The topological polar surface area (TPSA) is 62.6 Å². The molecule has 102 valence electrons. The summed E-state index contributed by atoms with van der Waals surface area (Å²) in [7, 11) is 0. The monoisotopic (exact) mass is 254 g/mol. The van der Waals surface area contributed by atoms with Gasteiger partial charge in [-0.1, -0.05) is 0 Å². The van der Waals surface area contributed by atoms with Gasteiger partial charge in [-0.05, 0) is 33.6 Å². The molecule has 0 aromatic carbocycles. The third-order valence-electron chi connectivity index (χ3n) is 2.60. The van der Waals surface area contributed by atoms with Crippen LogP contribution in [0.4, 0.5) is 4.79 Å². The van der Waals surface area contributed by atoms with Gasteiger partial charge in [0.1, 0.15) is 5.60 Å². The molecule has 1 heterocycles. The highest BCUT2D eigenvalue weighted by atomic mass is 16.6. The van der Waals surface area contributed by atoms with Gasteiger partial charge < -0.3 is 14.4 Å². The van der Waals surface area contributed by atoms with Crippen molar-refractivity contribution in [1.82, 2.24) is 4.90 Å². The number of amides is 1. The van der Waals surface area contributed by atoms with Gasteiger partial charge in [0, 0.05) is 6.54 Å². The van der Waals surface area contributed by atoms with E-state index in [1.807, 2.05) is 26.8 Å². The van der Waals surface area contributed by atoms with Crippen molar-refractivity contribution in [1.29, 1.82) is 5.26 Å². The first-order valence-corrected chi connectivity index (χ1v) is 6.39. The Bertz CT molecular complexity index is 317. The molecule has 0 N–H and O–H groups in total. The highest BCUT2D eigenvalue weighted by Gasteiger charge is 2.27. The minimum absolute atomic E-state index is 0.0274. The van der Waals surface area contributed by atoms with Crippen molar-refractivity contribution in [2.45, 2.75) is 51.7 Å². The average Bonchev–Trinajstić information content (AvgIpc) is 2.27. The van der Waals surface area contributed by atoms with Crippen LogP contribution in [0.2, 0.25) is 0 Å². The van der Waals surface area contributed by atoms with Crippen LogP contribution in [0.25, 0.3) is 0 Å². The van der Waals surface area contributed by atoms with Gasteiger partial charge in [0.05, 0.1) is 31.7 Å². The summed E-state index contributed by atoms with van der Waals surface area (Å²) in [4.78, 5) is 13.6. The number of likely N-dealkylation sites (tertiary alicyclic amines) is 1. The summed E-state index contributed by atoms with van der Waals surface area (Å²) < 4.78 is 10.9. The van der Waals surface area contributed by atoms with E-state index in [4.69, 9.17) is 14.7 Å². The lowest BCUT2D eigenvalue weighted by molar-refractivity contribution is -0.0189. The van der Waals surface area contributed by atoms with Crippen LogP contribution >= 0.6 is 0 Å². The number of ether oxygens (including phenoxy) is 2. The number of nitrogens with zero attached hydrogens (tertiary/aromatic N) is 2. The third-order valence-corrected chi connectivity index (χ3v) is 2.60. The standard InChI is InChI=1S/C13H22N2O3/c1-13(2,3)18-12(16)15-8-4-6-11(10-15)17-9-5-7-14/h11H,4-6,8-10H2,1-3H3. The van der Waals surface area contributed by atoms with E-state index in [-0.39, 0.29) is 12.2 Å². The number of carbonyl (C=O) groups is 1. The summed E-state index contributed by atoms with van der Waals surface area (Å²) in [6.07, 6.45) is 1.99. The molecule has 0 spiro atoms. The first-order chi connectivity index (χ1) is 8.42. The largest absolute Gasteiger partial charge is 0.444 e. The van der Waals surface area contributed by atoms with Crippen molar-refractivity contribution in [2.75, 3.05) is 19.7 Å². The van der Waals surface area contributed by atoms with E-state index < -0.39 is 5.60 Å². The molecule has 0 aromatic rings. The van der Waals surface area contributed by atoms with Gasteiger partial charge in [0.2, 0.25) is 0 Å². The Hall–Kier alpha value is -1.28. The highest BCUT2D eigenvalue weighted by Crippen LogP contribution is 2.17. The van der Waals surface area contributed by atoms with Crippen molar-refractivity contribution in [3.63, 3.8) is 0 Å². The predicted octanol–water partition coefficient (Wildman–Crippen LogP) is 2.32. The lowest BCUT2D eigenvalue weighted by Gasteiger charge is -2.33. The molecule has 1 aliphatic rings. The van der Waals surface area contributed by atoms with Gasteiger partial charge in [-0.3, -0.25) is 0 Å². The van der Waals surface area contributed by atoms with Gasteiger partial charge in [0.15, 0.2) is 0 Å². The van der Waals surface area contributed by atoms with Gasteiger partial charge >= 0.3 is 6.09 Å². The van der Waals surface area contributed by atoms with Crippen molar-refractivity contribution in [2.24, 2.45) is 0 Å². The average molecular weight is 254 g/mol. The zero-order valence-corrected chi connectivity index (χ0v) is 11.4. The van der Waals surface area contributed by atoms with Crippen LogP contribution in [0.5, 0.6) is 0 Å². The van der Waals surface area contributed by atoms with E-state index in [1.165, 1.54) is 0 Å². The number of nitriles is 1. The minimum atomic E-state index is -0.467. The van der Waals surface area contributed by atoms with Gasteiger partial charge in [-0.2, -0.15) is 5.26 Å². The Kier molecular flexibility index (Phi) is 5.42. The molecule has 1 rings (SSSR count). The molecule has 1 saturated heterocycles. The fourth-order valence-corrected chi connectivity index (χ4v) is 1.84. The molecule has 0 saturated carbocycles. The van der Waals surface area contributed by atoms with E-state index in [0.717, 1.165) is 12.8 Å². The fourth-order valence-electron chi connectivity index (χ4n) is 1.84. The Morgan fingerprint density at radius 1 is 1.50 bits per heavy atom. The van der Waals surface area contributed by atoms with Crippen LogP contribution in [0.3, 0.4) is 0 Å². The Balaban J connectivity index is 2.39. The summed E-state index contributed by atoms with van der Waals surface area (Å²) in [5.41, 5.74) is -0.467. The molecule has 1 fully saturated rings. The highest BCUT2D eigenvalue weighted by molar-refractivity contribution is 5.68. The van der Waals surface area contributed by atoms with E-state index >= 15 is 0 Å². The van der Waals surface area contributed by atoms with Crippen LogP contribution in [0.1, 0.15) is 40.0 Å². The van der Waals surface area contributed by atoms with Gasteiger partial charge in [-0.25, -0.2) is 4.79 Å². The molecule has 1 amide bonds. The maximum Gasteiger partial charge on any atom is 0.410 e. The lowest BCUT2D eigenvalue weighted by Crippen LogP contribution is -2.45. The fraction of sp³-hybridized carbons (Fsp3) is 0.846. The SMILES string of the molecule is CC(C)(C)OC(=O)N1CCCC(OCCC#N)C1. The number of rotatable bonds is 3. The second-order valence-corrected chi connectivity index (χ2v) is 5.47. The number of hydrogen-bond donors (Lipinski definition) is 0. The van der Waals surface area contributed by atoms with Crippen molar-refractivity contribution < 1.29 is 14.3 Å². The van der Waals surface area contributed by atoms with Crippen LogP contribution in [0.15, 0.2) is 0 Å². The number of carbonyl (C=O) groups excluding carboxylic acids is 1. The zero-order chi connectivity index (χ0) is 13.6. The molecule has 0 bridgehead atoms. The number of piperidine rings is 1. The summed E-state index contributed by atoms with van der Waals surface area (Å²) in [6, 6.07) is 2.04. The molecular weight excluding hydrogens is 232 g/mol. The van der Waals surface area contributed by atoms with Crippen molar-refractivity contribution in [3.05, 3.63) is 0 Å².